The van der Waals surface area contributed by atoms with Gasteiger partial charge in [-0.05, 0) is 52.9 Å². The van der Waals surface area contributed by atoms with E-state index in [1.807, 2.05) is 66.7 Å². The van der Waals surface area contributed by atoms with Crippen LogP contribution < -0.4 is 47.9 Å². The van der Waals surface area contributed by atoms with Gasteiger partial charge >= 0.3 is 5.97 Å². The summed E-state index contributed by atoms with van der Waals surface area (Å²) < 4.78 is 123. The number of rotatable bonds is 18. The third-order valence-electron chi connectivity index (χ3n) is 18.4. The van der Waals surface area contributed by atoms with Crippen LogP contribution in [0.3, 0.4) is 0 Å². The van der Waals surface area contributed by atoms with Crippen molar-refractivity contribution in [3.8, 4) is 49.0 Å². The summed E-state index contributed by atoms with van der Waals surface area (Å²) in [5, 5.41) is 42.4. The minimum Gasteiger partial charge on any atom is -0.503 e. The molecule has 5 aliphatic heterocycles. The quantitative estimate of drug-likeness (QED) is 0.0303. The number of halogens is 6. The summed E-state index contributed by atoms with van der Waals surface area (Å²) in [6, 6.07) is 36.5. The first-order chi connectivity index (χ1) is 56.1. The summed E-state index contributed by atoms with van der Waals surface area (Å²) in [6.45, 7) is 4.47. The Morgan fingerprint density at radius 3 is 1.35 bits per heavy atom. The van der Waals surface area contributed by atoms with Crippen LogP contribution in [0.1, 0.15) is 104 Å². The van der Waals surface area contributed by atoms with Gasteiger partial charge in [-0.3, -0.25) is 28.8 Å². The van der Waals surface area contributed by atoms with E-state index >= 15 is 0 Å². The number of carbonyl (C=O) groups excluding carboxylic acids is 4. The number of fused-ring (bicyclic) bond motifs is 6. The first-order valence-electron chi connectivity index (χ1n) is 35.7. The molecule has 6 aromatic heterocycles. The van der Waals surface area contributed by atoms with E-state index in [9.17, 15) is 65.0 Å². The second kappa shape index (κ2) is 37.3. The average Bonchev–Trinajstić information content (AvgIpc) is 1.63. The lowest BCUT2D eigenvalue weighted by Gasteiger charge is -2.31. The Morgan fingerprint density at radius 2 is 0.931 bits per heavy atom. The van der Waals surface area contributed by atoms with E-state index in [-0.39, 0.29) is 147 Å². The molecule has 0 spiro atoms. The minimum atomic E-state index is -0.834. The van der Waals surface area contributed by atoms with Crippen molar-refractivity contribution in [3.05, 3.63) is 295 Å². The lowest BCUT2D eigenvalue weighted by molar-refractivity contribution is 0.0477. The molecule has 2 unspecified atom stereocenters. The SMILES string of the molecule is CCOC(=O)c1occ(-c2nnc(Cc3ccc(F)cc3F)s2)c(=O)c1OCc1ccccc1.N[C@@H]1COC[C@H]1N.O=C1N[C@@H]2COCC2n2cc(-c3nnc(Cc4ccc(F)cc4F)s3)c(=O)c(O)c21.O=C1N[C@@H]2COCC2n2cc(-c3nnc(Cc4ccc(F)cc4F)s3)c(=O)c(OCc3ccccc3)c21.O=Cc1ccccc1. The molecule has 17 rings (SSSR count). The van der Waals surface area contributed by atoms with Gasteiger partial charge in [0.05, 0.1) is 87.1 Å². The predicted molar refractivity (Wildman–Crippen MR) is 411 cm³/mol. The third kappa shape index (κ3) is 19.2. The number of aromatic nitrogens is 8. The molecule has 116 heavy (non-hydrogen) atoms. The number of hydrogen-bond donors (Lipinski definition) is 5. The Morgan fingerprint density at radius 1 is 0.526 bits per heavy atom. The number of aromatic hydroxyl groups is 1. The van der Waals surface area contributed by atoms with Crippen LogP contribution in [0.5, 0.6) is 17.2 Å². The Bertz CT molecular complexity index is 5760. The van der Waals surface area contributed by atoms with Gasteiger partial charge in [-0.15, -0.1) is 30.6 Å². The van der Waals surface area contributed by atoms with E-state index in [1.54, 1.807) is 46.5 Å². The van der Waals surface area contributed by atoms with Crippen LogP contribution in [0, 0.1) is 34.9 Å². The molecular weight excluding hydrogens is 1580 g/mol. The highest BCUT2D eigenvalue weighted by molar-refractivity contribution is 7.15. The molecule has 6 atom stereocenters. The van der Waals surface area contributed by atoms with Crippen molar-refractivity contribution in [2.45, 2.75) is 75.7 Å². The molecule has 5 aliphatic rings. The second-order valence-corrected chi connectivity index (χ2v) is 29.5. The molecule has 11 heterocycles. The Hall–Kier alpha value is -12.3. The maximum Gasteiger partial charge on any atom is 0.378 e. The number of benzene rings is 6. The van der Waals surface area contributed by atoms with E-state index < -0.39 is 74.7 Å². The van der Waals surface area contributed by atoms with Gasteiger partial charge in [0.2, 0.25) is 22.0 Å². The normalized spacial score (nSPS) is 17.3. The highest BCUT2D eigenvalue weighted by Crippen LogP contribution is 2.37. The van der Waals surface area contributed by atoms with E-state index in [1.165, 1.54) is 30.5 Å². The lowest BCUT2D eigenvalue weighted by atomic mass is 10.0. The van der Waals surface area contributed by atoms with Crippen LogP contribution in [0.2, 0.25) is 0 Å². The minimum absolute atomic E-state index is 0.0205. The molecule has 0 aliphatic carbocycles. The Labute approximate surface area is 666 Å². The first-order valence-corrected chi connectivity index (χ1v) is 38.1. The summed E-state index contributed by atoms with van der Waals surface area (Å²) in [4.78, 5) is 87.3. The van der Waals surface area contributed by atoms with Gasteiger partial charge < -0.3 is 69.2 Å². The fourth-order valence-electron chi connectivity index (χ4n) is 12.4. The predicted octanol–water partition coefficient (Wildman–Crippen LogP) is 10.1. The molecule has 7 N–H and O–H groups in total. The number of esters is 1. The van der Waals surface area contributed by atoms with Crippen molar-refractivity contribution in [1.82, 2.24) is 50.4 Å². The van der Waals surface area contributed by atoms with Crippen LogP contribution in [0.15, 0.2) is 183 Å². The molecule has 2 amide bonds. The number of ether oxygens (including phenoxy) is 6. The summed E-state index contributed by atoms with van der Waals surface area (Å²) in [5.41, 5.74) is 12.4. The fourth-order valence-corrected chi connectivity index (χ4v) is 15.1. The number of aldehydes is 1. The number of nitrogens with zero attached hydrogens (tertiary/aromatic N) is 8. The molecule has 598 valence electrons. The number of nitrogens with one attached hydrogen (secondary N) is 2. The maximum absolute atomic E-state index is 14.2. The molecular formula is C80H68F6N12O15S3. The fraction of sp³-hybridized carbons (Fsp3) is 0.237. The van der Waals surface area contributed by atoms with Gasteiger partial charge in [0.1, 0.15) is 75.7 Å². The molecule has 27 nitrogen and oxygen atoms in total. The number of nitrogens with two attached hydrogens (primary N) is 2. The van der Waals surface area contributed by atoms with Crippen LogP contribution >= 0.6 is 34.0 Å². The maximum atomic E-state index is 14.2. The summed E-state index contributed by atoms with van der Waals surface area (Å²) in [7, 11) is 0. The van der Waals surface area contributed by atoms with Crippen LogP contribution in [-0.2, 0) is 51.4 Å². The summed E-state index contributed by atoms with van der Waals surface area (Å²) in [6.07, 6.45) is 5.23. The van der Waals surface area contributed by atoms with E-state index in [0.29, 0.717) is 59.7 Å². The Kier molecular flexibility index (Phi) is 26.3. The number of carbonyl (C=O) groups is 4. The topological polar surface area (TPSA) is 372 Å². The van der Waals surface area contributed by atoms with Crippen molar-refractivity contribution in [3.63, 3.8) is 0 Å². The zero-order valence-electron chi connectivity index (χ0n) is 61.0. The number of pyridine rings is 2. The molecule has 6 aromatic carbocycles. The zero-order valence-corrected chi connectivity index (χ0v) is 63.5. The summed E-state index contributed by atoms with van der Waals surface area (Å²) >= 11 is 3.22. The van der Waals surface area contributed by atoms with Crippen molar-refractivity contribution in [2.24, 2.45) is 11.5 Å². The molecule has 36 heteroatoms. The molecule has 0 bridgehead atoms. The molecule has 3 fully saturated rings. The van der Waals surface area contributed by atoms with Gasteiger partial charge in [0, 0.05) is 67.5 Å². The van der Waals surface area contributed by atoms with Gasteiger partial charge in [-0.25, -0.2) is 31.1 Å². The highest BCUT2D eigenvalue weighted by atomic mass is 32.1. The van der Waals surface area contributed by atoms with Gasteiger partial charge in [0.15, 0.2) is 37.9 Å². The van der Waals surface area contributed by atoms with Crippen molar-refractivity contribution in [2.75, 3.05) is 46.2 Å². The highest BCUT2D eigenvalue weighted by Gasteiger charge is 2.42. The smallest absolute Gasteiger partial charge is 0.378 e. The largest absolute Gasteiger partial charge is 0.503 e. The van der Waals surface area contributed by atoms with Gasteiger partial charge in [-0.1, -0.05) is 143 Å². The van der Waals surface area contributed by atoms with E-state index in [2.05, 4.69) is 41.2 Å². The first kappa shape index (κ1) is 81.7. The summed E-state index contributed by atoms with van der Waals surface area (Å²) in [5.74, 6) is -7.31. The lowest BCUT2D eigenvalue weighted by Crippen LogP contribution is -2.48. The second-order valence-electron chi connectivity index (χ2n) is 26.3. The third-order valence-corrected chi connectivity index (χ3v) is 21.3. The Balaban J connectivity index is 0.000000139. The van der Waals surface area contributed by atoms with Crippen LogP contribution in [0.4, 0.5) is 26.3 Å². The van der Waals surface area contributed by atoms with Crippen molar-refractivity contribution < 1.29 is 83.5 Å². The molecule has 3 saturated heterocycles. The standard InChI is InChI=1S/C26H20F2N4O4S.C24H18F2N2O5S.C19H14F2N4O4S.C7H6O.C4H10N2O/c27-16-7-6-15(18(28)9-16)8-21-30-31-26(37-21)17-10-32-20-13-35-12-19(20)29-25(34)22(32)24(23(17)33)36-11-14-4-2-1-3-5-14;1-2-31-24(30)22-21(32-12-14-6-4-3-5-7-14)20(29)17(13-33-22)23-28-27-19(34-23)10-15-8-9-16(25)11-18(15)26;20-9-2-1-8(11(21)4-9)3-14-23-24-19(30-14)10-5-25-13-7-29-6-12(13)22-18(28)15(25)17(27)16(10)26;8-6-7-4-2-1-3-5-7;5-3-1-7-2-4(3)6/h1-7,9-10,19-20H,8,11-13H2,(H,29,34);3-9,11,13H,2,10,12H2,1H3;1-2,4-5,12-13,27H,3,6-7H2,(H,22,28);1-6H;3-4H,1-2,5-6H2/t19-,20?;;12-,13?;;3-,4-/m1.1.1/s1. The number of hydrogen-bond acceptors (Lipinski definition) is 26. The zero-order chi connectivity index (χ0) is 81.7. The molecule has 12 aromatic rings. The van der Waals surface area contributed by atoms with Crippen molar-refractivity contribution in [1.29, 1.82) is 0 Å². The van der Waals surface area contributed by atoms with Crippen LogP contribution in [-0.4, -0.2) is 139 Å². The molecule has 0 saturated carbocycles. The average molecular weight is 1650 g/mol. The van der Waals surface area contributed by atoms with Gasteiger partial charge in [0.25, 0.3) is 17.6 Å². The number of amides is 2. The molecule has 0 radical (unpaired) electrons. The van der Waals surface area contributed by atoms with E-state index in [0.717, 1.165) is 93.6 Å². The van der Waals surface area contributed by atoms with Gasteiger partial charge in [-0.2, -0.15) is 0 Å². The van der Waals surface area contributed by atoms with Crippen molar-refractivity contribution >= 4 is 58.1 Å². The monoisotopic (exact) mass is 1650 g/mol. The van der Waals surface area contributed by atoms with Crippen LogP contribution in [0.25, 0.3) is 31.7 Å². The van der Waals surface area contributed by atoms with E-state index in [4.69, 9.17) is 44.3 Å².